The molecule has 2 aromatic rings. The highest BCUT2D eigenvalue weighted by Crippen LogP contribution is 2.25. The summed E-state index contributed by atoms with van der Waals surface area (Å²) >= 11 is 0. The van der Waals surface area contributed by atoms with Crippen molar-refractivity contribution in [3.8, 4) is 0 Å². The lowest BCUT2D eigenvalue weighted by atomic mass is 10.1. The Labute approximate surface area is 85.2 Å². The monoisotopic (exact) mass is 209 g/mol. The van der Waals surface area contributed by atoms with Gasteiger partial charge in [-0.05, 0) is 24.4 Å². The summed E-state index contributed by atoms with van der Waals surface area (Å²) in [7, 11) is 0. The predicted molar refractivity (Wildman–Crippen MR) is 52.3 cm³/mol. The number of aromatic nitrogens is 1. The average molecular weight is 209 g/mol. The topological polar surface area (TPSA) is 33.1 Å². The molecule has 0 radical (unpaired) electrons. The Hall–Kier alpha value is -1.55. The molecule has 1 unspecified atom stereocenters. The summed E-state index contributed by atoms with van der Waals surface area (Å²) in [6, 6.07) is 3.51. The molecule has 2 nitrogen and oxygen atoms in total. The predicted octanol–water partition coefficient (Wildman–Crippen LogP) is 2.57. The van der Waals surface area contributed by atoms with Crippen molar-refractivity contribution < 1.29 is 13.9 Å². The second kappa shape index (κ2) is 3.55. The van der Waals surface area contributed by atoms with Crippen molar-refractivity contribution in [2.75, 3.05) is 0 Å². The van der Waals surface area contributed by atoms with Gasteiger partial charge in [-0.3, -0.25) is 4.98 Å². The molecule has 1 aromatic carbocycles. The van der Waals surface area contributed by atoms with E-state index < -0.39 is 17.7 Å². The molecule has 78 valence electrons. The third kappa shape index (κ3) is 1.68. The highest BCUT2D eigenvalue weighted by Gasteiger charge is 2.12. The van der Waals surface area contributed by atoms with Gasteiger partial charge in [0.2, 0.25) is 0 Å². The minimum Gasteiger partial charge on any atom is -0.387 e. The molecule has 0 fully saturated rings. The van der Waals surface area contributed by atoms with Crippen molar-refractivity contribution in [1.82, 2.24) is 4.98 Å². The standard InChI is InChI=1S/C11H9F2NO/c1-6(15)11-10-7(2-3-14-11)4-8(12)5-9(10)13/h2-6,15H,1H3. The lowest BCUT2D eigenvalue weighted by Crippen LogP contribution is -1.98. The molecule has 1 aromatic heterocycles. The number of hydrogen-bond donors (Lipinski definition) is 1. The first-order chi connectivity index (χ1) is 7.09. The van der Waals surface area contributed by atoms with E-state index in [-0.39, 0.29) is 11.1 Å². The van der Waals surface area contributed by atoms with Crippen molar-refractivity contribution in [3.05, 3.63) is 41.7 Å². The summed E-state index contributed by atoms with van der Waals surface area (Å²) in [5.41, 5.74) is 0.227. The largest absolute Gasteiger partial charge is 0.387 e. The highest BCUT2D eigenvalue weighted by atomic mass is 19.1. The van der Waals surface area contributed by atoms with Gasteiger partial charge in [-0.1, -0.05) is 0 Å². The van der Waals surface area contributed by atoms with Crippen LogP contribution in [0.25, 0.3) is 10.8 Å². The molecule has 2 rings (SSSR count). The molecule has 0 bridgehead atoms. The summed E-state index contributed by atoms with van der Waals surface area (Å²) in [5.74, 6) is -1.34. The lowest BCUT2D eigenvalue weighted by molar-refractivity contribution is 0.196. The summed E-state index contributed by atoms with van der Waals surface area (Å²) in [6.07, 6.45) is 0.539. The van der Waals surface area contributed by atoms with Gasteiger partial charge in [-0.25, -0.2) is 8.78 Å². The van der Waals surface area contributed by atoms with Crippen LogP contribution in [0.5, 0.6) is 0 Å². The zero-order chi connectivity index (χ0) is 11.0. The zero-order valence-corrected chi connectivity index (χ0v) is 8.04. The van der Waals surface area contributed by atoms with Crippen LogP contribution in [0.4, 0.5) is 8.78 Å². The lowest BCUT2D eigenvalue weighted by Gasteiger charge is -2.08. The summed E-state index contributed by atoms with van der Waals surface area (Å²) in [4.78, 5) is 3.88. The van der Waals surface area contributed by atoms with Gasteiger partial charge >= 0.3 is 0 Å². The molecule has 0 saturated heterocycles. The number of halogens is 2. The van der Waals surface area contributed by atoms with Crippen LogP contribution in [0.3, 0.4) is 0 Å². The molecular weight excluding hydrogens is 200 g/mol. The van der Waals surface area contributed by atoms with Crippen LogP contribution in [0.2, 0.25) is 0 Å². The third-order valence-electron chi connectivity index (χ3n) is 2.21. The van der Waals surface area contributed by atoms with Gasteiger partial charge in [-0.15, -0.1) is 0 Å². The van der Waals surface area contributed by atoms with Crippen LogP contribution in [0, 0.1) is 11.6 Å². The maximum atomic E-state index is 13.5. The number of benzene rings is 1. The second-order valence-electron chi connectivity index (χ2n) is 3.36. The summed E-state index contributed by atoms with van der Waals surface area (Å²) < 4.78 is 26.4. The van der Waals surface area contributed by atoms with E-state index in [0.29, 0.717) is 5.39 Å². The fraction of sp³-hybridized carbons (Fsp3) is 0.182. The van der Waals surface area contributed by atoms with Crippen molar-refractivity contribution in [1.29, 1.82) is 0 Å². The third-order valence-corrected chi connectivity index (χ3v) is 2.21. The van der Waals surface area contributed by atoms with Crippen molar-refractivity contribution in [3.63, 3.8) is 0 Å². The maximum Gasteiger partial charge on any atom is 0.135 e. The molecule has 1 N–H and O–H groups in total. The van der Waals surface area contributed by atoms with Crippen LogP contribution in [0.15, 0.2) is 24.4 Å². The molecular formula is C11H9F2NO. The molecule has 0 aliphatic carbocycles. The average Bonchev–Trinajstić information content (AvgIpc) is 2.16. The van der Waals surface area contributed by atoms with E-state index in [1.807, 2.05) is 0 Å². The molecule has 1 atom stereocenters. The first-order valence-corrected chi connectivity index (χ1v) is 4.51. The van der Waals surface area contributed by atoms with Gasteiger partial charge in [0.25, 0.3) is 0 Å². The Morgan fingerprint density at radius 2 is 2.07 bits per heavy atom. The molecule has 0 amide bonds. The summed E-state index contributed by atoms with van der Waals surface area (Å²) in [5, 5.41) is 9.97. The SMILES string of the molecule is CC(O)c1nccc2cc(F)cc(F)c12. The number of aliphatic hydroxyl groups is 1. The van der Waals surface area contributed by atoms with Crippen molar-refractivity contribution in [2.24, 2.45) is 0 Å². The van der Waals surface area contributed by atoms with E-state index >= 15 is 0 Å². The summed E-state index contributed by atoms with van der Waals surface area (Å²) in [6.45, 7) is 1.49. The van der Waals surface area contributed by atoms with Gasteiger partial charge in [0, 0.05) is 17.6 Å². The molecule has 1 heterocycles. The first-order valence-electron chi connectivity index (χ1n) is 4.51. The van der Waals surface area contributed by atoms with E-state index in [1.54, 1.807) is 0 Å². The maximum absolute atomic E-state index is 13.5. The number of fused-ring (bicyclic) bond motifs is 1. The van der Waals surface area contributed by atoms with Crippen LogP contribution in [-0.2, 0) is 0 Å². The smallest absolute Gasteiger partial charge is 0.135 e. The fourth-order valence-electron chi connectivity index (χ4n) is 1.57. The van der Waals surface area contributed by atoms with E-state index in [4.69, 9.17) is 0 Å². The normalized spacial score (nSPS) is 13.1. The van der Waals surface area contributed by atoms with E-state index in [1.165, 1.54) is 25.3 Å². The molecule has 4 heteroatoms. The van der Waals surface area contributed by atoms with Crippen LogP contribution >= 0.6 is 0 Å². The number of rotatable bonds is 1. The molecule has 0 spiro atoms. The fourth-order valence-corrected chi connectivity index (χ4v) is 1.57. The Balaban J connectivity index is 2.85. The van der Waals surface area contributed by atoms with Gasteiger partial charge < -0.3 is 5.11 Å². The number of hydrogen-bond acceptors (Lipinski definition) is 2. The minimum atomic E-state index is -0.881. The zero-order valence-electron chi connectivity index (χ0n) is 8.04. The number of pyridine rings is 1. The van der Waals surface area contributed by atoms with E-state index in [2.05, 4.69) is 4.98 Å². The van der Waals surface area contributed by atoms with Gasteiger partial charge in [0.15, 0.2) is 0 Å². The Bertz CT molecular complexity index is 511. The molecule has 0 aliphatic heterocycles. The van der Waals surface area contributed by atoms with Crippen LogP contribution in [-0.4, -0.2) is 10.1 Å². The van der Waals surface area contributed by atoms with E-state index in [0.717, 1.165) is 6.07 Å². The minimum absolute atomic E-state index is 0.175. The van der Waals surface area contributed by atoms with Gasteiger partial charge in [0.05, 0.1) is 11.8 Å². The molecule has 0 aliphatic rings. The Morgan fingerprint density at radius 1 is 1.33 bits per heavy atom. The second-order valence-corrected chi connectivity index (χ2v) is 3.36. The van der Waals surface area contributed by atoms with Crippen molar-refractivity contribution >= 4 is 10.8 Å². The Kier molecular flexibility index (Phi) is 2.36. The van der Waals surface area contributed by atoms with Crippen molar-refractivity contribution in [2.45, 2.75) is 13.0 Å². The van der Waals surface area contributed by atoms with Crippen LogP contribution in [0.1, 0.15) is 18.7 Å². The van der Waals surface area contributed by atoms with Gasteiger partial charge in [0.1, 0.15) is 11.6 Å². The quantitative estimate of drug-likeness (QED) is 0.783. The van der Waals surface area contributed by atoms with Crippen LogP contribution < -0.4 is 0 Å². The Morgan fingerprint density at radius 3 is 2.73 bits per heavy atom. The first kappa shape index (κ1) is 9.98. The number of nitrogens with zero attached hydrogens (tertiary/aromatic N) is 1. The van der Waals surface area contributed by atoms with E-state index in [9.17, 15) is 13.9 Å². The van der Waals surface area contributed by atoms with Gasteiger partial charge in [-0.2, -0.15) is 0 Å². The highest BCUT2D eigenvalue weighted by molar-refractivity contribution is 5.85. The molecule has 0 saturated carbocycles. The number of aliphatic hydroxyl groups excluding tert-OH is 1. The molecule has 15 heavy (non-hydrogen) atoms.